The van der Waals surface area contributed by atoms with Gasteiger partial charge in [0.1, 0.15) is 5.82 Å². The molecule has 0 aliphatic carbocycles. The van der Waals surface area contributed by atoms with Gasteiger partial charge >= 0.3 is 0 Å². The average Bonchev–Trinajstić information content (AvgIpc) is 2.17. The molecule has 0 aliphatic heterocycles. The molecule has 1 unspecified atom stereocenters. The van der Waals surface area contributed by atoms with Crippen molar-refractivity contribution in [3.05, 3.63) is 23.8 Å². The fourth-order valence-corrected chi connectivity index (χ4v) is 1.65. The second kappa shape index (κ2) is 4.91. The van der Waals surface area contributed by atoms with E-state index in [0.29, 0.717) is 12.5 Å². The Balaban J connectivity index is 3.07. The van der Waals surface area contributed by atoms with Crippen molar-refractivity contribution in [1.29, 1.82) is 0 Å². The summed E-state index contributed by atoms with van der Waals surface area (Å²) in [5.74, 6) is 1.60. The van der Waals surface area contributed by atoms with Gasteiger partial charge in [-0.1, -0.05) is 34.6 Å². The van der Waals surface area contributed by atoms with Crippen LogP contribution < -0.4 is 5.73 Å². The van der Waals surface area contributed by atoms with Crippen LogP contribution in [0, 0.1) is 5.92 Å². The summed E-state index contributed by atoms with van der Waals surface area (Å²) in [4.78, 5) is 9.00. The number of rotatable bonds is 3. The van der Waals surface area contributed by atoms with Gasteiger partial charge in [-0.2, -0.15) is 0 Å². The van der Waals surface area contributed by atoms with Gasteiger partial charge in [-0.15, -0.1) is 0 Å². The third-order valence-corrected chi connectivity index (χ3v) is 2.83. The van der Waals surface area contributed by atoms with E-state index in [1.165, 1.54) is 0 Å². The molecule has 1 atom stereocenters. The molecule has 0 aliphatic rings. The summed E-state index contributed by atoms with van der Waals surface area (Å²) in [5.41, 5.74) is 6.93. The zero-order chi connectivity index (χ0) is 12.3. The van der Waals surface area contributed by atoms with Crippen molar-refractivity contribution in [3.63, 3.8) is 0 Å². The molecule has 2 N–H and O–H groups in total. The first-order valence-electron chi connectivity index (χ1n) is 5.89. The average molecular weight is 221 g/mol. The van der Waals surface area contributed by atoms with Crippen LogP contribution in [0.2, 0.25) is 0 Å². The zero-order valence-electron chi connectivity index (χ0n) is 11.0. The van der Waals surface area contributed by atoms with E-state index < -0.39 is 0 Å². The molecule has 3 nitrogen and oxygen atoms in total. The van der Waals surface area contributed by atoms with Gasteiger partial charge in [-0.25, -0.2) is 9.97 Å². The smallest absolute Gasteiger partial charge is 0.133 e. The maximum absolute atomic E-state index is 5.78. The normalized spacial score (nSPS) is 14.2. The number of nitrogens with zero attached hydrogens (tertiary/aromatic N) is 2. The zero-order valence-corrected chi connectivity index (χ0v) is 11.0. The lowest BCUT2D eigenvalue weighted by Gasteiger charge is -2.21. The van der Waals surface area contributed by atoms with Gasteiger partial charge in [0.05, 0.1) is 0 Å². The Morgan fingerprint density at radius 1 is 1.31 bits per heavy atom. The van der Waals surface area contributed by atoms with Crippen LogP contribution in [-0.4, -0.2) is 16.5 Å². The Morgan fingerprint density at radius 2 is 1.94 bits per heavy atom. The monoisotopic (exact) mass is 221 g/mol. The SMILES string of the molecule is CC(C)C(CN)c1nccc(C(C)(C)C)n1. The molecule has 90 valence electrons. The third kappa shape index (κ3) is 3.01. The highest BCUT2D eigenvalue weighted by Crippen LogP contribution is 2.24. The van der Waals surface area contributed by atoms with Crippen LogP contribution in [0.5, 0.6) is 0 Å². The summed E-state index contributed by atoms with van der Waals surface area (Å²) < 4.78 is 0. The van der Waals surface area contributed by atoms with Crippen LogP contribution in [0.4, 0.5) is 0 Å². The molecule has 3 heteroatoms. The number of aromatic nitrogens is 2. The highest BCUT2D eigenvalue weighted by atomic mass is 14.9. The number of nitrogens with two attached hydrogens (primary N) is 1. The molecule has 0 saturated carbocycles. The summed E-state index contributed by atoms with van der Waals surface area (Å²) in [7, 11) is 0. The Kier molecular flexibility index (Phi) is 4.03. The van der Waals surface area contributed by atoms with E-state index in [-0.39, 0.29) is 11.3 Å². The Hall–Kier alpha value is -0.960. The summed E-state index contributed by atoms with van der Waals surface area (Å²) in [6.07, 6.45) is 1.84. The van der Waals surface area contributed by atoms with Crippen molar-refractivity contribution in [3.8, 4) is 0 Å². The maximum Gasteiger partial charge on any atom is 0.133 e. The molecule has 1 aromatic heterocycles. The molecule has 0 aromatic carbocycles. The molecule has 0 saturated heterocycles. The van der Waals surface area contributed by atoms with Crippen molar-refractivity contribution in [1.82, 2.24) is 9.97 Å². The van der Waals surface area contributed by atoms with E-state index in [9.17, 15) is 0 Å². The highest BCUT2D eigenvalue weighted by Gasteiger charge is 2.21. The predicted molar refractivity (Wildman–Crippen MR) is 67.4 cm³/mol. The second-order valence-electron chi connectivity index (χ2n) is 5.64. The third-order valence-electron chi connectivity index (χ3n) is 2.83. The van der Waals surface area contributed by atoms with Gasteiger partial charge in [0.2, 0.25) is 0 Å². The molecule has 0 amide bonds. The molecule has 16 heavy (non-hydrogen) atoms. The van der Waals surface area contributed by atoms with Crippen molar-refractivity contribution in [2.24, 2.45) is 11.7 Å². The first-order valence-corrected chi connectivity index (χ1v) is 5.89. The topological polar surface area (TPSA) is 51.8 Å². The summed E-state index contributed by atoms with van der Waals surface area (Å²) in [6, 6.07) is 1.98. The predicted octanol–water partition coefficient (Wildman–Crippen LogP) is 2.47. The van der Waals surface area contributed by atoms with Crippen LogP contribution in [-0.2, 0) is 5.41 Å². The second-order valence-corrected chi connectivity index (χ2v) is 5.64. The van der Waals surface area contributed by atoms with Crippen LogP contribution >= 0.6 is 0 Å². The molecule has 0 spiro atoms. The molecular formula is C13H23N3. The van der Waals surface area contributed by atoms with Crippen LogP contribution in [0.25, 0.3) is 0 Å². The van der Waals surface area contributed by atoms with Crippen LogP contribution in [0.3, 0.4) is 0 Å². The lowest BCUT2D eigenvalue weighted by atomic mass is 9.90. The van der Waals surface area contributed by atoms with Gasteiger partial charge in [0, 0.05) is 29.8 Å². The minimum absolute atomic E-state index is 0.0633. The summed E-state index contributed by atoms with van der Waals surface area (Å²) in [6.45, 7) is 11.4. The Labute approximate surface area is 98.5 Å². The molecule has 1 aromatic rings. The summed E-state index contributed by atoms with van der Waals surface area (Å²) in [5, 5.41) is 0. The van der Waals surface area contributed by atoms with Gasteiger partial charge in [-0.05, 0) is 12.0 Å². The van der Waals surface area contributed by atoms with Crippen molar-refractivity contribution < 1.29 is 0 Å². The fraction of sp³-hybridized carbons (Fsp3) is 0.692. The molecule has 0 fully saturated rings. The van der Waals surface area contributed by atoms with E-state index in [4.69, 9.17) is 5.73 Å². The van der Waals surface area contributed by atoms with E-state index >= 15 is 0 Å². The first kappa shape index (κ1) is 13.1. The quantitative estimate of drug-likeness (QED) is 0.853. The molecule has 0 bridgehead atoms. The van der Waals surface area contributed by atoms with E-state index in [0.717, 1.165) is 11.5 Å². The van der Waals surface area contributed by atoms with Crippen molar-refractivity contribution in [2.45, 2.75) is 46.0 Å². The number of hydrogen-bond donors (Lipinski definition) is 1. The lowest BCUT2D eigenvalue weighted by Crippen LogP contribution is -2.22. The summed E-state index contributed by atoms with van der Waals surface area (Å²) >= 11 is 0. The lowest BCUT2D eigenvalue weighted by molar-refractivity contribution is 0.473. The Bertz CT molecular complexity index is 339. The van der Waals surface area contributed by atoms with Crippen LogP contribution in [0.1, 0.15) is 52.1 Å². The van der Waals surface area contributed by atoms with Gasteiger partial charge < -0.3 is 5.73 Å². The van der Waals surface area contributed by atoms with E-state index in [2.05, 4.69) is 44.6 Å². The fourth-order valence-electron chi connectivity index (χ4n) is 1.65. The largest absolute Gasteiger partial charge is 0.330 e. The molecule has 0 radical (unpaired) electrons. The van der Waals surface area contributed by atoms with Crippen molar-refractivity contribution >= 4 is 0 Å². The molecular weight excluding hydrogens is 198 g/mol. The first-order chi connectivity index (χ1) is 7.36. The highest BCUT2D eigenvalue weighted by molar-refractivity contribution is 5.14. The minimum Gasteiger partial charge on any atom is -0.330 e. The molecule has 1 heterocycles. The van der Waals surface area contributed by atoms with Gasteiger partial charge in [-0.3, -0.25) is 0 Å². The number of hydrogen-bond acceptors (Lipinski definition) is 3. The Morgan fingerprint density at radius 3 is 2.38 bits per heavy atom. The van der Waals surface area contributed by atoms with E-state index in [1.54, 1.807) is 0 Å². The maximum atomic E-state index is 5.78. The van der Waals surface area contributed by atoms with Crippen LogP contribution in [0.15, 0.2) is 12.3 Å². The minimum atomic E-state index is 0.0633. The van der Waals surface area contributed by atoms with E-state index in [1.807, 2.05) is 12.3 Å². The standard InChI is InChI=1S/C13H23N3/c1-9(2)10(8-14)12-15-7-6-11(16-12)13(3,4)5/h6-7,9-10H,8,14H2,1-5H3. The van der Waals surface area contributed by atoms with Gasteiger partial charge in [0.15, 0.2) is 0 Å². The van der Waals surface area contributed by atoms with Crippen molar-refractivity contribution in [2.75, 3.05) is 6.54 Å². The van der Waals surface area contributed by atoms with Gasteiger partial charge in [0.25, 0.3) is 0 Å². The molecule has 1 rings (SSSR count).